The number of piperidine rings is 1. The van der Waals surface area contributed by atoms with E-state index in [0.29, 0.717) is 10.9 Å². The lowest BCUT2D eigenvalue weighted by atomic mass is 9.90. The van der Waals surface area contributed by atoms with Crippen molar-refractivity contribution in [1.82, 2.24) is 9.88 Å². The quantitative estimate of drug-likeness (QED) is 0.628. The summed E-state index contributed by atoms with van der Waals surface area (Å²) in [6, 6.07) is 13.4. The van der Waals surface area contributed by atoms with Gasteiger partial charge in [0, 0.05) is 17.8 Å². The van der Waals surface area contributed by atoms with E-state index in [4.69, 9.17) is 11.6 Å². The topological polar surface area (TPSA) is 33.2 Å². The van der Waals surface area contributed by atoms with Crippen LogP contribution in [0, 0.1) is 23.2 Å². The van der Waals surface area contributed by atoms with Crippen LogP contribution in [0.25, 0.3) is 0 Å². The summed E-state index contributed by atoms with van der Waals surface area (Å²) in [7, 11) is 0. The highest BCUT2D eigenvalue weighted by atomic mass is 35.5. The molecular formula is C19H15ClN2O. The molecule has 2 aliphatic rings. The molecule has 114 valence electrons. The SMILES string of the molecule is O=CN1CC2CC2(C#Cc2ccccn2)C1c1ccc(Cl)cc1. The minimum atomic E-state index is -0.147. The Morgan fingerprint density at radius 3 is 2.78 bits per heavy atom. The van der Waals surface area contributed by atoms with E-state index < -0.39 is 0 Å². The van der Waals surface area contributed by atoms with Gasteiger partial charge in [-0.15, -0.1) is 0 Å². The first kappa shape index (κ1) is 14.3. The number of amides is 1. The Kier molecular flexibility index (Phi) is 3.36. The molecule has 0 radical (unpaired) electrons. The number of carbonyl (C=O) groups excluding carboxylic acids is 1. The fraction of sp³-hybridized carbons (Fsp3) is 0.263. The van der Waals surface area contributed by atoms with E-state index in [9.17, 15) is 4.79 Å². The van der Waals surface area contributed by atoms with Gasteiger partial charge in [-0.3, -0.25) is 4.79 Å². The highest BCUT2D eigenvalue weighted by Gasteiger charge is 2.65. The Bertz CT molecular complexity index is 794. The molecule has 3 unspecified atom stereocenters. The third kappa shape index (κ3) is 2.40. The van der Waals surface area contributed by atoms with E-state index in [2.05, 4.69) is 16.8 Å². The predicted molar refractivity (Wildman–Crippen MR) is 88.6 cm³/mol. The van der Waals surface area contributed by atoms with Gasteiger partial charge >= 0.3 is 0 Å². The number of hydrogen-bond acceptors (Lipinski definition) is 2. The average Bonchev–Trinajstić information content (AvgIpc) is 3.20. The van der Waals surface area contributed by atoms with Gasteiger partial charge in [0.1, 0.15) is 5.69 Å². The number of halogens is 1. The van der Waals surface area contributed by atoms with Crippen molar-refractivity contribution in [3.8, 4) is 11.8 Å². The number of pyridine rings is 1. The lowest BCUT2D eigenvalue weighted by Gasteiger charge is -2.27. The molecule has 23 heavy (non-hydrogen) atoms. The summed E-state index contributed by atoms with van der Waals surface area (Å²) >= 11 is 5.99. The Morgan fingerprint density at radius 1 is 1.26 bits per heavy atom. The second kappa shape index (κ2) is 5.40. The monoisotopic (exact) mass is 322 g/mol. The van der Waals surface area contributed by atoms with E-state index in [0.717, 1.165) is 30.6 Å². The van der Waals surface area contributed by atoms with Crippen molar-refractivity contribution in [2.45, 2.75) is 12.5 Å². The Morgan fingerprint density at radius 2 is 2.09 bits per heavy atom. The van der Waals surface area contributed by atoms with Gasteiger partial charge < -0.3 is 4.90 Å². The van der Waals surface area contributed by atoms with Crippen molar-refractivity contribution in [3.05, 3.63) is 64.9 Å². The molecule has 4 heteroatoms. The van der Waals surface area contributed by atoms with E-state index in [-0.39, 0.29) is 11.5 Å². The van der Waals surface area contributed by atoms with Crippen LogP contribution >= 0.6 is 11.6 Å². The lowest BCUT2D eigenvalue weighted by molar-refractivity contribution is -0.119. The van der Waals surface area contributed by atoms with Crippen molar-refractivity contribution in [3.63, 3.8) is 0 Å². The van der Waals surface area contributed by atoms with Crippen LogP contribution in [0.3, 0.4) is 0 Å². The maximum Gasteiger partial charge on any atom is 0.210 e. The van der Waals surface area contributed by atoms with Crippen LogP contribution in [0.15, 0.2) is 48.7 Å². The zero-order chi connectivity index (χ0) is 15.9. The standard InChI is InChI=1S/C19H15ClN2O/c20-16-6-4-14(5-7-16)18-19(11-15(19)12-22(18)13-23)9-8-17-3-1-2-10-21-17/h1-7,10,13,15,18H,11-12H2. The second-order valence-corrected chi connectivity index (χ2v) is 6.60. The van der Waals surface area contributed by atoms with Gasteiger partial charge in [-0.25, -0.2) is 4.98 Å². The fourth-order valence-corrected chi connectivity index (χ4v) is 3.77. The number of hydrogen-bond donors (Lipinski definition) is 0. The lowest BCUT2D eigenvalue weighted by Crippen LogP contribution is -2.28. The van der Waals surface area contributed by atoms with Crippen LogP contribution in [0.1, 0.15) is 23.7 Å². The third-order valence-corrected chi connectivity index (χ3v) is 5.06. The van der Waals surface area contributed by atoms with E-state index in [1.807, 2.05) is 47.4 Å². The number of nitrogens with zero attached hydrogens (tertiary/aromatic N) is 2. The first-order valence-corrected chi connectivity index (χ1v) is 8.01. The molecule has 4 rings (SSSR count). The van der Waals surface area contributed by atoms with Crippen LogP contribution in [0.2, 0.25) is 5.02 Å². The fourth-order valence-electron chi connectivity index (χ4n) is 3.64. The van der Waals surface area contributed by atoms with Crippen molar-refractivity contribution in [1.29, 1.82) is 0 Å². The molecule has 1 saturated carbocycles. The van der Waals surface area contributed by atoms with Crippen molar-refractivity contribution in [2.75, 3.05) is 6.54 Å². The molecule has 3 nitrogen and oxygen atoms in total. The van der Waals surface area contributed by atoms with Crippen molar-refractivity contribution >= 4 is 18.0 Å². The highest BCUT2D eigenvalue weighted by Crippen LogP contribution is 2.66. The molecule has 2 fully saturated rings. The largest absolute Gasteiger partial charge is 0.336 e. The first-order valence-electron chi connectivity index (χ1n) is 7.64. The van der Waals surface area contributed by atoms with Gasteiger partial charge in [0.05, 0.1) is 11.5 Å². The van der Waals surface area contributed by atoms with Crippen LogP contribution in [0.4, 0.5) is 0 Å². The van der Waals surface area contributed by atoms with Crippen molar-refractivity contribution in [2.24, 2.45) is 11.3 Å². The van der Waals surface area contributed by atoms with E-state index in [1.165, 1.54) is 0 Å². The molecule has 2 aromatic rings. The molecule has 0 N–H and O–H groups in total. The molecule has 1 aliphatic carbocycles. The Hall–Kier alpha value is -2.31. The minimum absolute atomic E-state index is 0.00141. The smallest absolute Gasteiger partial charge is 0.210 e. The molecule has 1 amide bonds. The zero-order valence-electron chi connectivity index (χ0n) is 12.4. The van der Waals surface area contributed by atoms with Crippen LogP contribution in [-0.4, -0.2) is 22.8 Å². The van der Waals surface area contributed by atoms with Crippen LogP contribution < -0.4 is 0 Å². The molecule has 1 aromatic heterocycles. The van der Waals surface area contributed by atoms with Crippen LogP contribution in [-0.2, 0) is 4.79 Å². The van der Waals surface area contributed by atoms with Crippen LogP contribution in [0.5, 0.6) is 0 Å². The number of aromatic nitrogens is 1. The molecular weight excluding hydrogens is 308 g/mol. The maximum atomic E-state index is 11.5. The molecule has 3 atom stereocenters. The van der Waals surface area contributed by atoms with E-state index in [1.54, 1.807) is 6.20 Å². The van der Waals surface area contributed by atoms with Gasteiger partial charge in [0.25, 0.3) is 0 Å². The molecule has 1 saturated heterocycles. The minimum Gasteiger partial charge on any atom is -0.336 e. The predicted octanol–water partition coefficient (Wildman–Crippen LogP) is 3.31. The summed E-state index contributed by atoms with van der Waals surface area (Å²) in [5.74, 6) is 7.07. The third-order valence-electron chi connectivity index (χ3n) is 4.81. The second-order valence-electron chi connectivity index (χ2n) is 6.16. The molecule has 2 heterocycles. The molecule has 1 aliphatic heterocycles. The number of carbonyl (C=O) groups is 1. The Balaban J connectivity index is 1.71. The summed E-state index contributed by atoms with van der Waals surface area (Å²) in [6.07, 6.45) is 3.72. The first-order chi connectivity index (χ1) is 11.2. The van der Waals surface area contributed by atoms with Crippen molar-refractivity contribution < 1.29 is 4.79 Å². The summed E-state index contributed by atoms with van der Waals surface area (Å²) in [5, 5.41) is 0.699. The van der Waals surface area contributed by atoms with Gasteiger partial charge in [-0.2, -0.15) is 0 Å². The summed E-state index contributed by atoms with van der Waals surface area (Å²) in [4.78, 5) is 17.6. The normalized spacial score (nSPS) is 27.8. The number of fused-ring (bicyclic) bond motifs is 1. The maximum absolute atomic E-state index is 11.5. The summed E-state index contributed by atoms with van der Waals surface area (Å²) < 4.78 is 0. The average molecular weight is 323 g/mol. The number of likely N-dealkylation sites (tertiary alicyclic amines) is 1. The summed E-state index contributed by atoms with van der Waals surface area (Å²) in [5.41, 5.74) is 1.72. The van der Waals surface area contributed by atoms with Gasteiger partial charge in [0.2, 0.25) is 6.41 Å². The highest BCUT2D eigenvalue weighted by molar-refractivity contribution is 6.30. The van der Waals surface area contributed by atoms with Gasteiger partial charge in [0.15, 0.2) is 0 Å². The van der Waals surface area contributed by atoms with Gasteiger partial charge in [-0.1, -0.05) is 35.7 Å². The molecule has 0 spiro atoms. The summed E-state index contributed by atoms with van der Waals surface area (Å²) in [6.45, 7) is 0.772. The van der Waals surface area contributed by atoms with E-state index >= 15 is 0 Å². The number of rotatable bonds is 2. The molecule has 1 aromatic carbocycles. The van der Waals surface area contributed by atoms with Gasteiger partial charge in [-0.05, 0) is 48.1 Å². The Labute approximate surface area is 140 Å². The zero-order valence-corrected chi connectivity index (χ0v) is 13.2. The molecule has 0 bridgehead atoms. The number of benzene rings is 1.